The smallest absolute Gasteiger partial charge is 0.411 e. The van der Waals surface area contributed by atoms with E-state index in [1.54, 1.807) is 30.5 Å². The molecule has 1 aromatic heterocycles. The number of carbonyl (C=O) groups is 1. The number of alkyl halides is 3. The lowest BCUT2D eigenvalue weighted by molar-refractivity contribution is -0.176. The largest absolute Gasteiger partial charge is 0.489 e. The number of nitrogens with zero attached hydrogens (tertiary/aromatic N) is 1. The van der Waals surface area contributed by atoms with E-state index < -0.39 is 12.8 Å². The van der Waals surface area contributed by atoms with Crippen molar-refractivity contribution in [1.29, 1.82) is 0 Å². The summed E-state index contributed by atoms with van der Waals surface area (Å²) in [6, 6.07) is 9.71. The summed E-state index contributed by atoms with van der Waals surface area (Å²) < 4.78 is 46.9. The molecule has 2 aromatic rings. The van der Waals surface area contributed by atoms with Crippen LogP contribution < -0.4 is 10.1 Å². The van der Waals surface area contributed by atoms with Crippen molar-refractivity contribution < 1.29 is 27.4 Å². The zero-order valence-electron chi connectivity index (χ0n) is 16.6. The van der Waals surface area contributed by atoms with Crippen molar-refractivity contribution in [3.8, 4) is 5.75 Å². The predicted octanol–water partition coefficient (Wildman–Crippen LogP) is 5.37. The summed E-state index contributed by atoms with van der Waals surface area (Å²) >= 11 is 0. The molecule has 1 fully saturated rings. The van der Waals surface area contributed by atoms with Gasteiger partial charge < -0.3 is 14.8 Å². The van der Waals surface area contributed by atoms with Crippen molar-refractivity contribution in [1.82, 2.24) is 4.98 Å². The fraction of sp³-hybridized carbons (Fsp3) is 0.455. The molecule has 1 aromatic carbocycles. The second-order valence-electron chi connectivity index (χ2n) is 7.42. The molecule has 1 amide bonds. The molecular weight excluding hydrogens is 397 g/mol. The summed E-state index contributed by atoms with van der Waals surface area (Å²) in [7, 11) is 0. The molecule has 3 rings (SSSR count). The average Bonchev–Trinajstić information content (AvgIpc) is 2.73. The molecule has 8 heteroatoms. The van der Waals surface area contributed by atoms with Gasteiger partial charge in [0.05, 0.1) is 13.2 Å². The molecule has 1 N–H and O–H groups in total. The van der Waals surface area contributed by atoms with E-state index in [9.17, 15) is 18.0 Å². The maximum atomic E-state index is 12.5. The summed E-state index contributed by atoms with van der Waals surface area (Å²) in [6.07, 6.45) is 3.24. The van der Waals surface area contributed by atoms with Crippen LogP contribution in [-0.2, 0) is 11.3 Å². The molecule has 30 heavy (non-hydrogen) atoms. The van der Waals surface area contributed by atoms with Gasteiger partial charge in [-0.2, -0.15) is 13.2 Å². The first-order chi connectivity index (χ1) is 14.4. The number of hydrogen-bond donors (Lipinski definition) is 1. The van der Waals surface area contributed by atoms with Crippen LogP contribution >= 0.6 is 0 Å². The Balaban J connectivity index is 1.55. The number of amides is 1. The zero-order valence-corrected chi connectivity index (χ0v) is 16.6. The van der Waals surface area contributed by atoms with E-state index in [-0.39, 0.29) is 12.5 Å². The summed E-state index contributed by atoms with van der Waals surface area (Å²) in [5.41, 5.74) is 0.906. The van der Waals surface area contributed by atoms with Crippen LogP contribution in [0.1, 0.15) is 48.0 Å². The summed E-state index contributed by atoms with van der Waals surface area (Å²) in [6.45, 7) is -0.888. The molecule has 5 nitrogen and oxygen atoms in total. The Kier molecular flexibility index (Phi) is 7.68. The van der Waals surface area contributed by atoms with Crippen LogP contribution in [0.2, 0.25) is 0 Å². The van der Waals surface area contributed by atoms with E-state index in [1.165, 1.54) is 31.4 Å². The highest BCUT2D eigenvalue weighted by atomic mass is 19.4. The van der Waals surface area contributed by atoms with Gasteiger partial charge in [0.2, 0.25) is 0 Å². The quantitative estimate of drug-likeness (QED) is 0.621. The van der Waals surface area contributed by atoms with E-state index in [2.05, 4.69) is 15.0 Å². The van der Waals surface area contributed by atoms with Gasteiger partial charge in [-0.3, -0.25) is 4.79 Å². The summed E-state index contributed by atoms with van der Waals surface area (Å²) in [5, 5.41) is 2.74. The molecule has 0 atom stereocenters. The molecule has 0 saturated heterocycles. The maximum Gasteiger partial charge on any atom is 0.411 e. The van der Waals surface area contributed by atoms with Gasteiger partial charge in [-0.1, -0.05) is 31.4 Å². The Morgan fingerprint density at radius 1 is 1.10 bits per heavy atom. The van der Waals surface area contributed by atoms with Gasteiger partial charge in [0, 0.05) is 11.8 Å². The Bertz CT molecular complexity index is 819. The predicted molar refractivity (Wildman–Crippen MR) is 106 cm³/mol. The van der Waals surface area contributed by atoms with Crippen LogP contribution in [0.4, 0.5) is 19.0 Å². The topological polar surface area (TPSA) is 60.5 Å². The van der Waals surface area contributed by atoms with Crippen molar-refractivity contribution in [2.24, 2.45) is 5.92 Å². The first-order valence-corrected chi connectivity index (χ1v) is 10.0. The minimum atomic E-state index is -4.36. The van der Waals surface area contributed by atoms with Crippen LogP contribution in [0.5, 0.6) is 5.75 Å². The molecule has 162 valence electrons. The number of benzene rings is 1. The highest BCUT2D eigenvalue weighted by Gasteiger charge is 2.27. The first kappa shape index (κ1) is 22.1. The molecule has 0 unspecified atom stereocenters. The van der Waals surface area contributed by atoms with E-state index in [0.717, 1.165) is 12.8 Å². The molecule has 0 bridgehead atoms. The van der Waals surface area contributed by atoms with Gasteiger partial charge in [-0.15, -0.1) is 0 Å². The highest BCUT2D eigenvalue weighted by Crippen LogP contribution is 2.27. The van der Waals surface area contributed by atoms with Crippen molar-refractivity contribution >= 4 is 11.7 Å². The van der Waals surface area contributed by atoms with Gasteiger partial charge in [-0.25, -0.2) is 4.98 Å². The number of nitrogens with one attached hydrogen (secondary N) is 1. The molecule has 0 aliphatic heterocycles. The fourth-order valence-electron chi connectivity index (χ4n) is 3.38. The van der Waals surface area contributed by atoms with Gasteiger partial charge in [0.1, 0.15) is 6.61 Å². The molecule has 1 saturated carbocycles. The van der Waals surface area contributed by atoms with Crippen LogP contribution in [0.25, 0.3) is 0 Å². The number of anilines is 1. The normalized spacial score (nSPS) is 15.0. The molecule has 1 aliphatic rings. The Hall–Kier alpha value is -2.61. The summed E-state index contributed by atoms with van der Waals surface area (Å²) in [4.78, 5) is 16.7. The third-order valence-electron chi connectivity index (χ3n) is 4.95. The van der Waals surface area contributed by atoms with E-state index in [4.69, 9.17) is 4.74 Å². The Morgan fingerprint density at radius 3 is 2.53 bits per heavy atom. The number of carbonyl (C=O) groups excluding carboxylic acids is 1. The molecule has 0 spiro atoms. The minimum Gasteiger partial charge on any atom is -0.489 e. The standard InChI is InChI=1S/C22H25F3N2O3/c23-22(24,25)15-29-13-17-8-10-18(11-9-17)21(28)27-20-19(7-4-12-26-20)30-14-16-5-2-1-3-6-16/h4,7-12,16H,1-3,5-6,13-15H2,(H,26,27,28). The third-order valence-corrected chi connectivity index (χ3v) is 4.95. The van der Waals surface area contributed by atoms with Crippen LogP contribution in [0.15, 0.2) is 42.6 Å². The lowest BCUT2D eigenvalue weighted by Crippen LogP contribution is -2.18. The summed E-state index contributed by atoms with van der Waals surface area (Å²) in [5.74, 6) is 1.01. The van der Waals surface area contributed by atoms with Crippen LogP contribution in [-0.4, -0.2) is 30.3 Å². The van der Waals surface area contributed by atoms with Crippen molar-refractivity contribution in [2.45, 2.75) is 44.9 Å². The third kappa shape index (κ3) is 7.02. The van der Waals surface area contributed by atoms with E-state index in [1.807, 2.05) is 0 Å². The van der Waals surface area contributed by atoms with E-state index >= 15 is 0 Å². The molecule has 1 aliphatic carbocycles. The fourth-order valence-corrected chi connectivity index (χ4v) is 3.38. The molecule has 1 heterocycles. The maximum absolute atomic E-state index is 12.5. The van der Waals surface area contributed by atoms with E-state index in [0.29, 0.717) is 35.2 Å². The number of rotatable bonds is 8. The Morgan fingerprint density at radius 2 is 1.83 bits per heavy atom. The van der Waals surface area contributed by atoms with Gasteiger partial charge in [-0.05, 0) is 48.6 Å². The SMILES string of the molecule is O=C(Nc1ncccc1OCC1CCCCC1)c1ccc(COCC(F)(F)F)cc1. The zero-order chi connectivity index (χ0) is 21.4. The van der Waals surface area contributed by atoms with Crippen molar-refractivity contribution in [2.75, 3.05) is 18.5 Å². The Labute approximate surface area is 173 Å². The number of ether oxygens (including phenoxy) is 2. The van der Waals surface area contributed by atoms with Crippen molar-refractivity contribution in [3.63, 3.8) is 0 Å². The van der Waals surface area contributed by atoms with Crippen LogP contribution in [0.3, 0.4) is 0 Å². The molecular formula is C22H25F3N2O3. The number of hydrogen-bond acceptors (Lipinski definition) is 4. The lowest BCUT2D eigenvalue weighted by atomic mass is 9.90. The van der Waals surface area contributed by atoms with Gasteiger partial charge in [0.25, 0.3) is 5.91 Å². The van der Waals surface area contributed by atoms with Crippen molar-refractivity contribution in [3.05, 3.63) is 53.7 Å². The second kappa shape index (κ2) is 10.4. The number of halogens is 3. The second-order valence-corrected chi connectivity index (χ2v) is 7.42. The number of pyridine rings is 1. The first-order valence-electron chi connectivity index (χ1n) is 10.0. The highest BCUT2D eigenvalue weighted by molar-refractivity contribution is 6.04. The van der Waals surface area contributed by atoms with Gasteiger partial charge >= 0.3 is 6.18 Å². The number of aromatic nitrogens is 1. The monoisotopic (exact) mass is 422 g/mol. The molecule has 0 radical (unpaired) electrons. The average molecular weight is 422 g/mol. The minimum absolute atomic E-state index is 0.180. The van der Waals surface area contributed by atoms with Gasteiger partial charge in [0.15, 0.2) is 11.6 Å². The van der Waals surface area contributed by atoms with Crippen LogP contribution in [0, 0.1) is 5.92 Å². The lowest BCUT2D eigenvalue weighted by Gasteiger charge is -2.22.